The number of pyridine rings is 2. The zero-order valence-electron chi connectivity index (χ0n) is 15.0. The number of amides is 1. The van der Waals surface area contributed by atoms with Gasteiger partial charge < -0.3 is 14.8 Å². The van der Waals surface area contributed by atoms with E-state index in [1.807, 2.05) is 35.5 Å². The summed E-state index contributed by atoms with van der Waals surface area (Å²) in [5.41, 5.74) is 4.17. The van der Waals surface area contributed by atoms with Crippen molar-refractivity contribution in [1.82, 2.24) is 34.4 Å². The predicted molar refractivity (Wildman–Crippen MR) is 101 cm³/mol. The minimum Gasteiger partial charge on any atom is -0.346 e. The number of piperazine rings is 1. The van der Waals surface area contributed by atoms with Crippen LogP contribution in [0.4, 0.5) is 0 Å². The number of nitrogens with one attached hydrogen (secondary N) is 1. The molecule has 5 heterocycles. The van der Waals surface area contributed by atoms with E-state index in [0.717, 1.165) is 54.0 Å². The lowest BCUT2D eigenvalue weighted by Gasteiger charge is -2.32. The van der Waals surface area contributed by atoms with Gasteiger partial charge in [-0.2, -0.15) is 5.10 Å². The summed E-state index contributed by atoms with van der Waals surface area (Å²) in [5, 5.41) is 5.06. The lowest BCUT2D eigenvalue weighted by molar-refractivity contribution is 0.0664. The maximum absolute atomic E-state index is 12.9. The van der Waals surface area contributed by atoms with Gasteiger partial charge in [-0.1, -0.05) is 0 Å². The van der Waals surface area contributed by atoms with E-state index in [1.165, 1.54) is 6.33 Å². The van der Waals surface area contributed by atoms with Gasteiger partial charge in [-0.05, 0) is 30.8 Å². The number of aromatic nitrogens is 5. The normalized spacial score (nSPS) is 15.7. The van der Waals surface area contributed by atoms with Crippen molar-refractivity contribution in [2.24, 2.45) is 0 Å². The minimum atomic E-state index is 0.0394. The molecule has 8 heteroatoms. The zero-order chi connectivity index (χ0) is 18.4. The van der Waals surface area contributed by atoms with Crippen LogP contribution >= 0.6 is 0 Å². The van der Waals surface area contributed by atoms with Gasteiger partial charge in [-0.15, -0.1) is 0 Å². The van der Waals surface area contributed by atoms with Gasteiger partial charge in [-0.25, -0.2) is 14.5 Å². The fraction of sp³-hybridized carbons (Fsp3) is 0.263. The SMILES string of the molecule is CN1CCN(C(=O)c2cnc3[nH]cc(-c4ccn5ncnc5c4)c3c2)CC1. The second-order valence-electron chi connectivity index (χ2n) is 6.90. The minimum absolute atomic E-state index is 0.0394. The number of nitrogens with zero attached hydrogens (tertiary/aromatic N) is 6. The molecule has 4 aromatic heterocycles. The summed E-state index contributed by atoms with van der Waals surface area (Å²) < 4.78 is 1.72. The Morgan fingerprint density at radius 1 is 1.15 bits per heavy atom. The summed E-state index contributed by atoms with van der Waals surface area (Å²) in [5.74, 6) is 0.0394. The average molecular weight is 361 g/mol. The van der Waals surface area contributed by atoms with Crippen LogP contribution in [0.25, 0.3) is 27.8 Å². The summed E-state index contributed by atoms with van der Waals surface area (Å²) in [6, 6.07) is 5.90. The fourth-order valence-corrected chi connectivity index (χ4v) is 3.53. The van der Waals surface area contributed by atoms with Gasteiger partial charge >= 0.3 is 0 Å². The summed E-state index contributed by atoms with van der Waals surface area (Å²) in [4.78, 5) is 28.9. The van der Waals surface area contributed by atoms with Crippen molar-refractivity contribution in [3.05, 3.63) is 48.7 Å². The van der Waals surface area contributed by atoms with Crippen LogP contribution in [-0.4, -0.2) is 73.5 Å². The molecule has 0 radical (unpaired) electrons. The number of H-pyrrole nitrogens is 1. The van der Waals surface area contributed by atoms with Crippen LogP contribution < -0.4 is 0 Å². The van der Waals surface area contributed by atoms with E-state index < -0.39 is 0 Å². The van der Waals surface area contributed by atoms with E-state index in [-0.39, 0.29) is 5.91 Å². The number of carbonyl (C=O) groups is 1. The number of hydrogen-bond acceptors (Lipinski definition) is 5. The molecule has 1 amide bonds. The molecule has 0 aromatic carbocycles. The molecular weight excluding hydrogens is 342 g/mol. The molecule has 136 valence electrons. The first-order valence-electron chi connectivity index (χ1n) is 8.94. The van der Waals surface area contributed by atoms with Crippen molar-refractivity contribution in [2.75, 3.05) is 33.2 Å². The number of carbonyl (C=O) groups excluding carboxylic acids is 1. The second kappa shape index (κ2) is 6.17. The largest absolute Gasteiger partial charge is 0.346 e. The molecule has 5 rings (SSSR count). The quantitative estimate of drug-likeness (QED) is 0.587. The third kappa shape index (κ3) is 2.74. The van der Waals surface area contributed by atoms with Gasteiger partial charge in [0, 0.05) is 55.7 Å². The Labute approximate surface area is 155 Å². The highest BCUT2D eigenvalue weighted by molar-refractivity contribution is 6.01. The molecule has 1 N–H and O–H groups in total. The Kier molecular flexibility index (Phi) is 3.64. The van der Waals surface area contributed by atoms with Crippen molar-refractivity contribution in [2.45, 2.75) is 0 Å². The second-order valence-corrected chi connectivity index (χ2v) is 6.90. The lowest BCUT2D eigenvalue weighted by Crippen LogP contribution is -2.47. The van der Waals surface area contributed by atoms with Crippen LogP contribution in [0.3, 0.4) is 0 Å². The number of fused-ring (bicyclic) bond motifs is 2. The van der Waals surface area contributed by atoms with Gasteiger partial charge in [0.15, 0.2) is 5.65 Å². The van der Waals surface area contributed by atoms with Crippen LogP contribution in [0.15, 0.2) is 43.1 Å². The number of likely N-dealkylation sites (N-methyl/N-ethyl adjacent to an activating group) is 1. The summed E-state index contributed by atoms with van der Waals surface area (Å²) in [7, 11) is 2.08. The van der Waals surface area contributed by atoms with Gasteiger partial charge in [-0.3, -0.25) is 4.79 Å². The average Bonchev–Trinajstić information content (AvgIpc) is 3.33. The molecule has 0 spiro atoms. The molecular formula is C19H19N7O. The lowest BCUT2D eigenvalue weighted by atomic mass is 10.1. The van der Waals surface area contributed by atoms with Crippen molar-refractivity contribution >= 4 is 22.6 Å². The molecule has 1 aliphatic heterocycles. The first-order chi connectivity index (χ1) is 13.2. The highest BCUT2D eigenvalue weighted by atomic mass is 16.2. The van der Waals surface area contributed by atoms with E-state index >= 15 is 0 Å². The molecule has 1 saturated heterocycles. The van der Waals surface area contributed by atoms with Gasteiger partial charge in [0.2, 0.25) is 0 Å². The molecule has 8 nitrogen and oxygen atoms in total. The number of rotatable bonds is 2. The van der Waals surface area contributed by atoms with Crippen molar-refractivity contribution < 1.29 is 4.79 Å². The van der Waals surface area contributed by atoms with Crippen LogP contribution in [0.2, 0.25) is 0 Å². The maximum atomic E-state index is 12.9. The summed E-state index contributed by atoms with van der Waals surface area (Å²) in [6.45, 7) is 3.29. The molecule has 0 aliphatic carbocycles. The first-order valence-corrected chi connectivity index (χ1v) is 8.94. The molecule has 1 aliphatic rings. The van der Waals surface area contributed by atoms with E-state index in [9.17, 15) is 4.79 Å². The Balaban J connectivity index is 1.53. The van der Waals surface area contributed by atoms with Crippen molar-refractivity contribution in [3.8, 4) is 11.1 Å². The zero-order valence-corrected chi connectivity index (χ0v) is 15.0. The number of hydrogen-bond donors (Lipinski definition) is 1. The van der Waals surface area contributed by atoms with Crippen LogP contribution in [-0.2, 0) is 0 Å². The molecule has 0 saturated carbocycles. The first kappa shape index (κ1) is 16.0. The third-order valence-corrected chi connectivity index (χ3v) is 5.16. The van der Waals surface area contributed by atoms with Gasteiger partial charge in [0.1, 0.15) is 12.0 Å². The Hall–Kier alpha value is -3.26. The van der Waals surface area contributed by atoms with Gasteiger partial charge in [0.25, 0.3) is 5.91 Å². The summed E-state index contributed by atoms with van der Waals surface area (Å²) in [6.07, 6.45) is 6.99. The van der Waals surface area contributed by atoms with E-state index in [1.54, 1.807) is 10.7 Å². The molecule has 0 unspecified atom stereocenters. The monoisotopic (exact) mass is 361 g/mol. The van der Waals surface area contributed by atoms with E-state index in [4.69, 9.17) is 0 Å². The van der Waals surface area contributed by atoms with Crippen LogP contribution in [0, 0.1) is 0 Å². The standard InChI is InChI=1S/C19H19N7O/c1-24-4-6-25(7-5-24)19(27)14-8-15-16(11-21-18(15)20-10-14)13-2-3-26-17(9-13)22-12-23-26/h2-3,8-12H,4-7H2,1H3,(H,20,21). The fourth-order valence-electron chi connectivity index (χ4n) is 3.53. The van der Waals surface area contributed by atoms with E-state index in [2.05, 4.69) is 32.0 Å². The number of aromatic amines is 1. The Morgan fingerprint density at radius 3 is 2.85 bits per heavy atom. The molecule has 0 bridgehead atoms. The molecule has 27 heavy (non-hydrogen) atoms. The predicted octanol–water partition coefficient (Wildman–Crippen LogP) is 1.66. The topological polar surface area (TPSA) is 82.4 Å². The van der Waals surface area contributed by atoms with Crippen molar-refractivity contribution in [1.29, 1.82) is 0 Å². The highest BCUT2D eigenvalue weighted by Gasteiger charge is 2.21. The van der Waals surface area contributed by atoms with E-state index in [0.29, 0.717) is 5.56 Å². The van der Waals surface area contributed by atoms with Crippen molar-refractivity contribution in [3.63, 3.8) is 0 Å². The third-order valence-electron chi connectivity index (χ3n) is 5.16. The smallest absolute Gasteiger partial charge is 0.255 e. The van der Waals surface area contributed by atoms with Crippen LogP contribution in [0.5, 0.6) is 0 Å². The van der Waals surface area contributed by atoms with Gasteiger partial charge in [0.05, 0.1) is 5.56 Å². The Morgan fingerprint density at radius 2 is 2.00 bits per heavy atom. The van der Waals surface area contributed by atoms with Crippen LogP contribution in [0.1, 0.15) is 10.4 Å². The maximum Gasteiger partial charge on any atom is 0.255 e. The highest BCUT2D eigenvalue weighted by Crippen LogP contribution is 2.29. The molecule has 0 atom stereocenters. The molecule has 1 fully saturated rings. The molecule has 4 aromatic rings. The summed E-state index contributed by atoms with van der Waals surface area (Å²) >= 11 is 0. The Bertz CT molecular complexity index is 1140.